The smallest absolute Gasteiger partial charge is 0.408 e. The molecule has 0 bridgehead atoms. The first-order valence-corrected chi connectivity index (χ1v) is 13.9. The SMILES string of the molecule is CCc1ccc(-n2c(CCc3ccccc3)nnc2[C@@H](Cc2c[nH]c3ccccc23)NC(=O)OC(C)(C)C)cc1. The van der Waals surface area contributed by atoms with E-state index in [-0.39, 0.29) is 0 Å². The van der Waals surface area contributed by atoms with Gasteiger partial charge in [0.25, 0.3) is 0 Å². The number of aryl methyl sites for hydroxylation is 3. The van der Waals surface area contributed by atoms with Gasteiger partial charge in [-0.25, -0.2) is 4.79 Å². The average Bonchev–Trinajstić information content (AvgIpc) is 3.55. The van der Waals surface area contributed by atoms with Crippen molar-refractivity contribution in [1.82, 2.24) is 25.1 Å². The highest BCUT2D eigenvalue weighted by Crippen LogP contribution is 2.27. The normalized spacial score (nSPS) is 12.4. The number of benzene rings is 3. The van der Waals surface area contributed by atoms with Gasteiger partial charge in [-0.15, -0.1) is 10.2 Å². The van der Waals surface area contributed by atoms with Crippen LogP contribution < -0.4 is 5.32 Å². The second-order valence-electron chi connectivity index (χ2n) is 11.1. The largest absolute Gasteiger partial charge is 0.444 e. The third kappa shape index (κ3) is 6.42. The molecule has 2 heterocycles. The molecule has 5 rings (SSSR count). The Balaban J connectivity index is 1.56. The Hall–Kier alpha value is -4.39. The molecule has 0 aliphatic heterocycles. The molecule has 0 fully saturated rings. The minimum absolute atomic E-state index is 0.474. The predicted molar refractivity (Wildman–Crippen MR) is 159 cm³/mol. The summed E-state index contributed by atoms with van der Waals surface area (Å²) in [5, 5.41) is 13.6. The fraction of sp³-hybridized carbons (Fsp3) is 0.303. The molecule has 0 radical (unpaired) electrons. The molecule has 206 valence electrons. The summed E-state index contributed by atoms with van der Waals surface area (Å²) in [5.74, 6) is 1.52. The molecule has 3 aromatic carbocycles. The van der Waals surface area contributed by atoms with Gasteiger partial charge in [0.15, 0.2) is 5.82 Å². The average molecular weight is 536 g/mol. The number of amides is 1. The molecule has 7 heteroatoms. The summed E-state index contributed by atoms with van der Waals surface area (Å²) in [7, 11) is 0. The Morgan fingerprint density at radius 2 is 1.65 bits per heavy atom. The highest BCUT2D eigenvalue weighted by molar-refractivity contribution is 5.83. The number of hydrogen-bond donors (Lipinski definition) is 2. The molecule has 7 nitrogen and oxygen atoms in total. The molecule has 2 aromatic heterocycles. The summed E-state index contributed by atoms with van der Waals surface area (Å²) >= 11 is 0. The van der Waals surface area contributed by atoms with Crippen LogP contribution in [0.1, 0.15) is 62.1 Å². The number of carbonyl (C=O) groups excluding carboxylic acids is 1. The topological polar surface area (TPSA) is 84.8 Å². The summed E-state index contributed by atoms with van der Waals surface area (Å²) in [6.07, 6.45) is 4.53. The summed E-state index contributed by atoms with van der Waals surface area (Å²) in [4.78, 5) is 16.4. The van der Waals surface area contributed by atoms with Crippen LogP contribution in [0.25, 0.3) is 16.6 Å². The zero-order valence-corrected chi connectivity index (χ0v) is 23.6. The van der Waals surface area contributed by atoms with Crippen LogP contribution in [0.2, 0.25) is 0 Å². The van der Waals surface area contributed by atoms with Crippen LogP contribution in [0, 0.1) is 0 Å². The molecule has 0 spiro atoms. The van der Waals surface area contributed by atoms with Crippen LogP contribution in [-0.2, 0) is 30.4 Å². The van der Waals surface area contributed by atoms with Gasteiger partial charge in [-0.2, -0.15) is 0 Å². The second kappa shape index (κ2) is 11.8. The zero-order valence-electron chi connectivity index (χ0n) is 23.6. The van der Waals surface area contributed by atoms with Crippen molar-refractivity contribution >= 4 is 17.0 Å². The maximum absolute atomic E-state index is 13.1. The number of aromatic amines is 1. The van der Waals surface area contributed by atoms with E-state index in [1.54, 1.807) is 0 Å². The summed E-state index contributed by atoms with van der Waals surface area (Å²) in [5.41, 5.74) is 4.97. The fourth-order valence-corrected chi connectivity index (χ4v) is 4.96. The molecule has 0 unspecified atom stereocenters. The minimum atomic E-state index is -0.625. The maximum Gasteiger partial charge on any atom is 0.408 e. The van der Waals surface area contributed by atoms with E-state index in [4.69, 9.17) is 9.84 Å². The lowest BCUT2D eigenvalue weighted by atomic mass is 10.0. The van der Waals surface area contributed by atoms with Crippen molar-refractivity contribution < 1.29 is 9.53 Å². The van der Waals surface area contributed by atoms with E-state index in [0.717, 1.165) is 40.8 Å². The van der Waals surface area contributed by atoms with E-state index in [0.29, 0.717) is 18.7 Å². The Morgan fingerprint density at radius 1 is 0.925 bits per heavy atom. The van der Waals surface area contributed by atoms with Gasteiger partial charge in [-0.05, 0) is 68.5 Å². The molecule has 5 aromatic rings. The molecule has 0 aliphatic carbocycles. The minimum Gasteiger partial charge on any atom is -0.444 e. The molecule has 2 N–H and O–H groups in total. The van der Waals surface area contributed by atoms with Crippen LogP contribution in [0.15, 0.2) is 85.1 Å². The van der Waals surface area contributed by atoms with Crippen molar-refractivity contribution in [1.29, 1.82) is 0 Å². The van der Waals surface area contributed by atoms with Crippen molar-refractivity contribution in [3.8, 4) is 5.69 Å². The van der Waals surface area contributed by atoms with Gasteiger partial charge < -0.3 is 15.0 Å². The molecule has 1 atom stereocenters. The highest BCUT2D eigenvalue weighted by Gasteiger charge is 2.27. The lowest BCUT2D eigenvalue weighted by Gasteiger charge is -2.24. The van der Waals surface area contributed by atoms with Gasteiger partial charge >= 0.3 is 6.09 Å². The number of H-pyrrole nitrogens is 1. The first kappa shape index (κ1) is 27.2. The van der Waals surface area contributed by atoms with E-state index in [9.17, 15) is 4.79 Å². The number of para-hydroxylation sites is 1. The van der Waals surface area contributed by atoms with Gasteiger partial charge in [-0.1, -0.05) is 67.6 Å². The standard InChI is InChI=1S/C33H37N5O2/c1-5-23-15-18-26(19-16-23)38-30(20-17-24-11-7-6-8-12-24)36-37-31(38)29(35-32(39)40-33(2,3)4)21-25-22-34-28-14-10-9-13-27(25)28/h6-16,18-19,22,29,34H,5,17,20-21H2,1-4H3,(H,35,39)/t29-/m1/s1. The van der Waals surface area contributed by atoms with Crippen molar-refractivity contribution in [3.63, 3.8) is 0 Å². The molecule has 0 saturated carbocycles. The number of carbonyl (C=O) groups is 1. The van der Waals surface area contributed by atoms with Gasteiger partial charge in [0.05, 0.1) is 6.04 Å². The number of nitrogens with zero attached hydrogens (tertiary/aromatic N) is 3. The van der Waals surface area contributed by atoms with Gasteiger partial charge in [0.1, 0.15) is 11.4 Å². The van der Waals surface area contributed by atoms with Crippen LogP contribution in [-0.4, -0.2) is 31.4 Å². The lowest BCUT2D eigenvalue weighted by Crippen LogP contribution is -2.37. The third-order valence-corrected chi connectivity index (χ3v) is 6.94. The van der Waals surface area contributed by atoms with E-state index in [1.165, 1.54) is 11.1 Å². The number of fused-ring (bicyclic) bond motifs is 1. The number of hydrogen-bond acceptors (Lipinski definition) is 4. The highest BCUT2D eigenvalue weighted by atomic mass is 16.6. The lowest BCUT2D eigenvalue weighted by molar-refractivity contribution is 0.0500. The van der Waals surface area contributed by atoms with Crippen LogP contribution in [0.4, 0.5) is 4.79 Å². The fourth-order valence-electron chi connectivity index (χ4n) is 4.96. The Morgan fingerprint density at radius 3 is 2.38 bits per heavy atom. The third-order valence-electron chi connectivity index (χ3n) is 6.94. The first-order chi connectivity index (χ1) is 19.3. The summed E-state index contributed by atoms with van der Waals surface area (Å²) in [6.45, 7) is 7.73. The number of nitrogens with one attached hydrogen (secondary N) is 2. The molecular weight excluding hydrogens is 498 g/mol. The molecule has 40 heavy (non-hydrogen) atoms. The maximum atomic E-state index is 13.1. The Kier molecular flexibility index (Phi) is 8.01. The van der Waals surface area contributed by atoms with Crippen molar-refractivity contribution in [2.75, 3.05) is 0 Å². The quantitative estimate of drug-likeness (QED) is 0.215. The molecule has 0 aliphatic rings. The molecule has 0 saturated heterocycles. The van der Waals surface area contributed by atoms with E-state index < -0.39 is 17.7 Å². The zero-order chi connectivity index (χ0) is 28.1. The van der Waals surface area contributed by atoms with Crippen molar-refractivity contribution in [3.05, 3.63) is 113 Å². The van der Waals surface area contributed by atoms with Gasteiger partial charge in [-0.3, -0.25) is 4.57 Å². The second-order valence-corrected chi connectivity index (χ2v) is 11.1. The van der Waals surface area contributed by atoms with Crippen molar-refractivity contribution in [2.24, 2.45) is 0 Å². The number of rotatable bonds is 9. The molecular formula is C33H37N5O2. The monoisotopic (exact) mass is 535 g/mol. The van der Waals surface area contributed by atoms with E-state index in [1.807, 2.05) is 45.2 Å². The van der Waals surface area contributed by atoms with Crippen molar-refractivity contribution in [2.45, 2.75) is 65.0 Å². The molecule has 1 amide bonds. The predicted octanol–water partition coefficient (Wildman–Crippen LogP) is 6.90. The van der Waals surface area contributed by atoms with E-state index >= 15 is 0 Å². The number of alkyl carbamates (subject to hydrolysis) is 1. The van der Waals surface area contributed by atoms with Crippen LogP contribution in [0.5, 0.6) is 0 Å². The van der Waals surface area contributed by atoms with Crippen LogP contribution >= 0.6 is 0 Å². The first-order valence-electron chi connectivity index (χ1n) is 13.9. The summed E-state index contributed by atoms with van der Waals surface area (Å²) < 4.78 is 7.77. The Bertz CT molecular complexity index is 1560. The number of aromatic nitrogens is 4. The van der Waals surface area contributed by atoms with Gasteiger partial charge in [0, 0.05) is 35.6 Å². The van der Waals surface area contributed by atoms with E-state index in [2.05, 4.69) is 87.6 Å². The Labute approximate surface area is 235 Å². The van der Waals surface area contributed by atoms with Gasteiger partial charge in [0.2, 0.25) is 0 Å². The van der Waals surface area contributed by atoms with Crippen LogP contribution in [0.3, 0.4) is 0 Å². The summed E-state index contributed by atoms with van der Waals surface area (Å²) in [6, 6.07) is 26.6. The number of ether oxygens (including phenoxy) is 1.